The van der Waals surface area contributed by atoms with Crippen molar-refractivity contribution in [2.75, 3.05) is 9.80 Å². The van der Waals surface area contributed by atoms with Crippen molar-refractivity contribution in [2.24, 2.45) is 0 Å². The van der Waals surface area contributed by atoms with Gasteiger partial charge < -0.3 is 28.1 Å². The van der Waals surface area contributed by atoms with Crippen LogP contribution in [0.2, 0.25) is 0 Å². The summed E-state index contributed by atoms with van der Waals surface area (Å²) in [6, 6.07) is 62.5. The number of nitriles is 1. The lowest BCUT2D eigenvalue weighted by Crippen LogP contribution is -2.61. The fourth-order valence-corrected chi connectivity index (χ4v) is 19.2. The molecule has 0 amide bonds. The van der Waals surface area contributed by atoms with Crippen LogP contribution in [-0.4, -0.2) is 25.0 Å². The molecule has 125 heavy (non-hydrogen) atoms. The van der Waals surface area contributed by atoms with Gasteiger partial charge in [0, 0.05) is 94.0 Å². The van der Waals surface area contributed by atoms with Gasteiger partial charge in [0.05, 0.1) is 94.2 Å². The summed E-state index contributed by atoms with van der Waals surface area (Å²) in [6.07, 6.45) is 0. The Morgan fingerprint density at radius 3 is 1.06 bits per heavy atom. The highest BCUT2D eigenvalue weighted by Crippen LogP contribution is 2.55. The summed E-state index contributed by atoms with van der Waals surface area (Å²) in [4.78, 5) is 4.36. The number of aromatic nitrogens is 4. The minimum absolute atomic E-state index is 0.00428. The van der Waals surface area contributed by atoms with E-state index in [-0.39, 0.29) is 87.9 Å². The zero-order valence-corrected chi connectivity index (χ0v) is 72.4. The minimum Gasteiger partial charge on any atom is -0.310 e. The summed E-state index contributed by atoms with van der Waals surface area (Å²) >= 11 is 0. The van der Waals surface area contributed by atoms with E-state index in [9.17, 15) is 28.6 Å². The molecule has 0 saturated heterocycles. The molecule has 0 bridgehead atoms. The average molecular weight is 1640 g/mol. The third-order valence-corrected chi connectivity index (χ3v) is 25.7. The van der Waals surface area contributed by atoms with Gasteiger partial charge in [0.25, 0.3) is 6.71 Å². The number of fused-ring (bicyclic) bond motifs is 16. The van der Waals surface area contributed by atoms with E-state index in [1.54, 1.807) is 18.2 Å². The Bertz CT molecular complexity index is 8940. The van der Waals surface area contributed by atoms with Gasteiger partial charge in [0.2, 0.25) is 0 Å². The summed E-state index contributed by atoms with van der Waals surface area (Å²) in [6.45, 7) is 32.3. The van der Waals surface area contributed by atoms with Crippen LogP contribution >= 0.6 is 0 Å². The topological polar surface area (TPSA) is 50.0 Å². The molecule has 0 fully saturated rings. The van der Waals surface area contributed by atoms with Crippen molar-refractivity contribution in [1.82, 2.24) is 18.3 Å². The highest BCUT2D eigenvalue weighted by Gasteiger charge is 2.46. The van der Waals surface area contributed by atoms with Crippen LogP contribution in [0.5, 0.6) is 0 Å². The second-order valence-electron chi connectivity index (χ2n) is 38.6. The molecule has 2 aliphatic heterocycles. The highest BCUT2D eigenvalue weighted by molar-refractivity contribution is 7.00. The molecular weight excluding hydrogens is 1510 g/mol. The van der Waals surface area contributed by atoms with E-state index in [0.717, 1.165) is 116 Å². The van der Waals surface area contributed by atoms with E-state index in [4.69, 9.17) is 4.11 Å². The van der Waals surface area contributed by atoms with Crippen molar-refractivity contribution in [3.05, 3.63) is 367 Å². The third-order valence-electron chi connectivity index (χ3n) is 25.7. The molecule has 0 N–H and O–H groups in total. The Kier molecular flexibility index (Phi) is 13.0. The highest BCUT2D eigenvalue weighted by atomic mass is 15.2. The van der Waals surface area contributed by atoms with Crippen LogP contribution in [0.25, 0.3) is 143 Å². The molecule has 0 atom stereocenters. The van der Waals surface area contributed by atoms with Gasteiger partial charge >= 0.3 is 0 Å². The molecule has 0 unspecified atom stereocenters. The van der Waals surface area contributed by atoms with Gasteiger partial charge in [-0.05, 0) is 233 Å². The van der Waals surface area contributed by atoms with Gasteiger partial charge in [0.1, 0.15) is 6.07 Å². The Hall–Kier alpha value is -14.1. The van der Waals surface area contributed by atoms with E-state index < -0.39 is 144 Å². The van der Waals surface area contributed by atoms with Gasteiger partial charge in [-0.1, -0.05) is 298 Å². The van der Waals surface area contributed by atoms with Crippen molar-refractivity contribution >= 4 is 144 Å². The van der Waals surface area contributed by atoms with Crippen molar-refractivity contribution in [3.8, 4) is 62.2 Å². The van der Waals surface area contributed by atoms with Crippen molar-refractivity contribution < 1.29 is 27.4 Å². The van der Waals surface area contributed by atoms with Gasteiger partial charge in [-0.2, -0.15) is 5.26 Å². The predicted molar refractivity (Wildman–Crippen MR) is 532 cm³/mol. The second kappa shape index (κ2) is 27.9. The van der Waals surface area contributed by atoms with Crippen molar-refractivity contribution in [3.63, 3.8) is 0 Å². The standard InChI is InChI=1S/C117H100BN7/c1-113(2,3)77-45-55-101-92(60-77)93-61-78(114(4,5)6)46-56-102(93)121(101)84-51-54-97-108(68-84)125(112-90(73-33-21-17-22-34-73)64-81(117(13,14)15)65-91(112)74-35-23-18-24-36-74)110-70-85(123-103-57-47-79(115(7,8)9)62-94(103)95-63-80(116(10,11)12)48-58-104(95)123)69-109-111(110)118(97)96-53-50-83(120-98-40-28-25-37-86(98)87-38-26-29-41-99(87)120)67-107(96)124(109)105-66-82(49-43-76(105)71-119)122-100-42-30-27-39-88(100)89-52-44-75(59-106(89)122)72-31-19-16-20-32-72/h16-70H,1-15H3/i16D,19D,20D,25D,26D,27D,28D,29D,30D,31D,32D,37D,38D,39D,40D,41D,42D,44D,52D,59D. The van der Waals surface area contributed by atoms with E-state index >= 15 is 0 Å². The van der Waals surface area contributed by atoms with Crippen molar-refractivity contribution in [1.29, 1.82) is 5.26 Å². The monoisotopic (exact) mass is 1630 g/mol. The molecule has 2 aliphatic rings. The molecule has 4 aromatic heterocycles. The first-order valence-electron chi connectivity index (χ1n) is 52.7. The molecule has 0 saturated carbocycles. The summed E-state index contributed by atoms with van der Waals surface area (Å²) < 4.78 is 200. The Balaban J connectivity index is 0.971. The number of anilines is 6. The maximum absolute atomic E-state index is 12.7. The van der Waals surface area contributed by atoms with Crippen LogP contribution in [0.3, 0.4) is 0 Å². The first kappa shape index (κ1) is 58.0. The molecule has 16 aromatic carbocycles. The fourth-order valence-electron chi connectivity index (χ4n) is 19.2. The second-order valence-corrected chi connectivity index (χ2v) is 38.6. The number of hydrogen-bond donors (Lipinski definition) is 0. The third kappa shape index (κ3) is 12.3. The van der Waals surface area contributed by atoms with E-state index in [0.29, 0.717) is 33.7 Å². The molecule has 8 heteroatoms. The zero-order valence-electron chi connectivity index (χ0n) is 92.4. The first-order valence-corrected chi connectivity index (χ1v) is 42.7. The minimum atomic E-state index is -0.896. The maximum Gasteiger partial charge on any atom is 0.252 e. The zero-order chi connectivity index (χ0) is 103. The van der Waals surface area contributed by atoms with E-state index in [2.05, 4.69) is 263 Å². The Labute approximate surface area is 761 Å². The van der Waals surface area contributed by atoms with E-state index in [1.165, 1.54) is 21.3 Å². The summed E-state index contributed by atoms with van der Waals surface area (Å²) in [5.74, 6) is 0. The number of benzene rings is 16. The normalized spacial score (nSPS) is 15.4. The molecule has 0 aliphatic carbocycles. The quantitative estimate of drug-likeness (QED) is 0.135. The molecule has 20 aromatic rings. The number of nitrogens with zero attached hydrogens (tertiary/aromatic N) is 7. The fraction of sp³-hybridized carbons (Fsp3) is 0.171. The van der Waals surface area contributed by atoms with Gasteiger partial charge in [-0.15, -0.1) is 0 Å². The number of para-hydroxylation sites is 3. The lowest BCUT2D eigenvalue weighted by molar-refractivity contribution is 0.590. The Morgan fingerprint density at radius 1 is 0.272 bits per heavy atom. The van der Waals surface area contributed by atoms with Crippen LogP contribution in [-0.2, 0) is 27.1 Å². The van der Waals surface area contributed by atoms with Crippen LogP contribution < -0.4 is 26.2 Å². The van der Waals surface area contributed by atoms with Gasteiger partial charge in [0.15, 0.2) is 0 Å². The van der Waals surface area contributed by atoms with Crippen LogP contribution in [0.4, 0.5) is 34.1 Å². The van der Waals surface area contributed by atoms with Crippen LogP contribution in [0.1, 0.15) is 165 Å². The van der Waals surface area contributed by atoms with Crippen LogP contribution in [0.15, 0.2) is 333 Å². The van der Waals surface area contributed by atoms with Gasteiger partial charge in [-0.3, -0.25) is 0 Å². The SMILES string of the molecule is [2H]c1c([2H])c([2H])c(-c2c([2H])c([2H])c3c4c([2H])c([2H])c([2H])c([2H])c4n(-c4ccc(C#N)c(N5c6cc(-n7c8c([2H])c([2H])c([2H])c([2H])c8c8c([2H])c([2H])c([2H])c([2H])c87)ccc6B6c7ccc(-n8c9ccc(C(C)(C)C)cc9c9cc(C(C)(C)C)ccc98)cc7N(c7c(-c8ccccc8)cc(C(C)(C)C)cc7-c7ccccc7)c7cc(-n8c9ccc(C(C)(C)C)cc9c9cc(C(C)(C)C)ccc98)cc5c76)c4)c3c2[2H])c([2H])c1[2H]. The average Bonchev–Trinajstić information content (AvgIpc) is 1.57. The molecule has 606 valence electrons. The molecule has 6 heterocycles. The first-order chi connectivity index (χ1) is 68.4. The lowest BCUT2D eigenvalue weighted by atomic mass is 9.33. The number of hydrogen-bond acceptors (Lipinski definition) is 3. The molecular formula is C117H100BN7. The van der Waals surface area contributed by atoms with Gasteiger partial charge in [-0.25, -0.2) is 0 Å². The molecule has 0 radical (unpaired) electrons. The summed E-state index contributed by atoms with van der Waals surface area (Å²) in [5, 5.41) is 15.7. The predicted octanol–water partition coefficient (Wildman–Crippen LogP) is 29.5. The molecule has 0 spiro atoms. The smallest absolute Gasteiger partial charge is 0.252 e. The van der Waals surface area contributed by atoms with Crippen LogP contribution in [0, 0.1) is 11.3 Å². The van der Waals surface area contributed by atoms with E-state index in [1.807, 2.05) is 47.4 Å². The maximum atomic E-state index is 12.7. The summed E-state index contributed by atoms with van der Waals surface area (Å²) in [5.41, 5.74) is 15.3. The summed E-state index contributed by atoms with van der Waals surface area (Å²) in [7, 11) is 0. The number of rotatable bonds is 9. The largest absolute Gasteiger partial charge is 0.310 e. The lowest BCUT2D eigenvalue weighted by Gasteiger charge is -2.45. The Morgan fingerprint density at radius 2 is 0.632 bits per heavy atom. The van der Waals surface area contributed by atoms with Crippen molar-refractivity contribution in [2.45, 2.75) is 131 Å². The molecule has 7 nitrogen and oxygen atoms in total. The molecule has 22 rings (SSSR count).